The van der Waals surface area contributed by atoms with Gasteiger partial charge in [-0.1, -0.05) is 47.6 Å². The van der Waals surface area contributed by atoms with Gasteiger partial charge in [0.25, 0.3) is 0 Å². The molecule has 0 amide bonds. The maximum absolute atomic E-state index is 13.8. The molecule has 1 heterocycles. The highest BCUT2D eigenvalue weighted by molar-refractivity contribution is 6.13. The van der Waals surface area contributed by atoms with Gasteiger partial charge in [-0.3, -0.25) is 4.79 Å². The molecule has 0 atom stereocenters. The van der Waals surface area contributed by atoms with Crippen LogP contribution in [0.4, 0.5) is 0 Å². The van der Waals surface area contributed by atoms with E-state index in [4.69, 9.17) is 4.74 Å². The number of hydrogen-bond donors (Lipinski definition) is 0. The van der Waals surface area contributed by atoms with Crippen LogP contribution in [-0.2, 0) is 18.9 Å². The first-order valence-corrected chi connectivity index (χ1v) is 10.4. The topological polar surface area (TPSA) is 44.1 Å². The summed E-state index contributed by atoms with van der Waals surface area (Å²) < 4.78 is 7.15. The molecule has 1 aliphatic rings. The Morgan fingerprint density at radius 2 is 1.66 bits per heavy atom. The normalized spacial score (nSPS) is 19.0. The van der Waals surface area contributed by atoms with Gasteiger partial charge in [0.1, 0.15) is 5.56 Å². The van der Waals surface area contributed by atoms with Crippen molar-refractivity contribution in [3.05, 3.63) is 45.1 Å². The van der Waals surface area contributed by atoms with Gasteiger partial charge in [0.15, 0.2) is 0 Å². The Bertz CT molecular complexity index is 1010. The van der Waals surface area contributed by atoms with Gasteiger partial charge in [0.2, 0.25) is 11.7 Å². The Balaban J connectivity index is 2.30. The van der Waals surface area contributed by atoms with Crippen LogP contribution in [0.3, 0.4) is 0 Å². The number of nitrogens with zero attached hydrogens (tertiary/aromatic N) is 2. The summed E-state index contributed by atoms with van der Waals surface area (Å²) in [6.45, 7) is 20.2. The Labute approximate surface area is 175 Å². The van der Waals surface area contributed by atoms with Gasteiger partial charge in [-0.05, 0) is 65.7 Å². The minimum absolute atomic E-state index is 0.00342. The molecule has 1 aromatic heterocycles. The number of aryl methyl sites for hydroxylation is 3. The van der Waals surface area contributed by atoms with Gasteiger partial charge in [-0.25, -0.2) is 4.68 Å². The molecule has 4 heteroatoms. The first-order valence-electron chi connectivity index (χ1n) is 10.4. The van der Waals surface area contributed by atoms with Crippen molar-refractivity contribution in [2.24, 2.45) is 17.9 Å². The molecule has 0 saturated heterocycles. The Hall–Kier alpha value is -2.10. The zero-order valence-electron chi connectivity index (χ0n) is 20.0. The van der Waals surface area contributed by atoms with Gasteiger partial charge in [-0.2, -0.15) is 5.10 Å². The number of benzene rings is 1. The highest BCUT2D eigenvalue weighted by atomic mass is 16.5. The molecular formula is C25H36N2O2. The third kappa shape index (κ3) is 2.78. The van der Waals surface area contributed by atoms with E-state index in [1.807, 2.05) is 14.0 Å². The highest BCUT2D eigenvalue weighted by Gasteiger charge is 2.53. The van der Waals surface area contributed by atoms with Gasteiger partial charge in [-0.15, -0.1) is 0 Å². The van der Waals surface area contributed by atoms with Crippen LogP contribution in [0.25, 0.3) is 0 Å². The number of carbonyl (C=O) groups excluding carboxylic acids is 1. The van der Waals surface area contributed by atoms with E-state index in [-0.39, 0.29) is 22.0 Å². The summed E-state index contributed by atoms with van der Waals surface area (Å²) >= 11 is 0. The SMILES string of the molecule is COc1c(C(=O)c2c(C)cc3c(c2C)C(C)(C)C(C)(C)C(C)(C)C3)c(C)nn1C. The fraction of sp³-hybridized carbons (Fsp3) is 0.600. The summed E-state index contributed by atoms with van der Waals surface area (Å²) in [6, 6.07) is 2.24. The number of aromatic nitrogens is 2. The van der Waals surface area contributed by atoms with E-state index in [0.29, 0.717) is 17.1 Å². The quantitative estimate of drug-likeness (QED) is 0.646. The van der Waals surface area contributed by atoms with Crippen LogP contribution in [0.15, 0.2) is 6.07 Å². The number of methoxy groups -OCH3 is 1. The van der Waals surface area contributed by atoms with E-state index < -0.39 is 0 Å². The zero-order chi connectivity index (χ0) is 22.1. The lowest BCUT2D eigenvalue weighted by molar-refractivity contribution is 0.0149. The van der Waals surface area contributed by atoms with E-state index in [0.717, 1.165) is 23.1 Å². The maximum Gasteiger partial charge on any atom is 0.223 e. The monoisotopic (exact) mass is 396 g/mol. The fourth-order valence-corrected chi connectivity index (χ4v) is 5.54. The van der Waals surface area contributed by atoms with Crippen LogP contribution in [0.1, 0.15) is 85.4 Å². The van der Waals surface area contributed by atoms with Crippen molar-refractivity contribution in [2.45, 2.75) is 74.1 Å². The summed E-state index contributed by atoms with van der Waals surface area (Å²) in [5, 5.41) is 4.42. The lowest BCUT2D eigenvalue weighted by atomic mass is 9.46. The van der Waals surface area contributed by atoms with Crippen molar-refractivity contribution in [1.82, 2.24) is 9.78 Å². The van der Waals surface area contributed by atoms with E-state index >= 15 is 0 Å². The van der Waals surface area contributed by atoms with Crippen LogP contribution in [0.5, 0.6) is 5.88 Å². The Morgan fingerprint density at radius 3 is 2.21 bits per heavy atom. The molecule has 1 aromatic carbocycles. The molecule has 0 bridgehead atoms. The number of rotatable bonds is 3. The molecular weight excluding hydrogens is 360 g/mol. The van der Waals surface area contributed by atoms with E-state index in [1.54, 1.807) is 11.8 Å². The van der Waals surface area contributed by atoms with Crippen LogP contribution >= 0.6 is 0 Å². The summed E-state index contributed by atoms with van der Waals surface area (Å²) in [5.41, 5.74) is 7.07. The van der Waals surface area contributed by atoms with E-state index in [1.165, 1.54) is 11.1 Å². The molecule has 2 aromatic rings. The number of fused-ring (bicyclic) bond motifs is 1. The number of carbonyl (C=O) groups is 1. The second-order valence-electron chi connectivity index (χ2n) is 10.5. The molecule has 0 fully saturated rings. The molecule has 0 spiro atoms. The fourth-order valence-electron chi connectivity index (χ4n) is 5.54. The summed E-state index contributed by atoms with van der Waals surface area (Å²) in [6.07, 6.45) is 1.02. The molecule has 29 heavy (non-hydrogen) atoms. The lowest BCUT2D eigenvalue weighted by Crippen LogP contribution is -2.52. The van der Waals surface area contributed by atoms with Gasteiger partial charge in [0.05, 0.1) is 12.8 Å². The van der Waals surface area contributed by atoms with Crippen LogP contribution in [0.2, 0.25) is 0 Å². The second kappa shape index (κ2) is 6.45. The summed E-state index contributed by atoms with van der Waals surface area (Å²) in [7, 11) is 3.40. The zero-order valence-corrected chi connectivity index (χ0v) is 20.0. The van der Waals surface area contributed by atoms with E-state index in [9.17, 15) is 4.79 Å². The second-order valence-corrected chi connectivity index (χ2v) is 10.5. The van der Waals surface area contributed by atoms with E-state index in [2.05, 4.69) is 66.6 Å². The molecule has 0 saturated carbocycles. The summed E-state index contributed by atoms with van der Waals surface area (Å²) in [4.78, 5) is 13.8. The van der Waals surface area contributed by atoms with Gasteiger partial charge in [0, 0.05) is 12.6 Å². The average Bonchev–Trinajstić information content (AvgIpc) is 2.85. The van der Waals surface area contributed by atoms with Crippen molar-refractivity contribution in [3.8, 4) is 5.88 Å². The molecule has 0 unspecified atom stereocenters. The largest absolute Gasteiger partial charge is 0.481 e. The third-order valence-electron chi connectivity index (χ3n) is 8.19. The minimum Gasteiger partial charge on any atom is -0.481 e. The number of ketones is 1. The molecule has 0 aliphatic heterocycles. The first kappa shape index (κ1) is 21.6. The molecule has 3 rings (SSSR count). The van der Waals surface area contributed by atoms with Crippen LogP contribution in [-0.4, -0.2) is 22.7 Å². The summed E-state index contributed by atoms with van der Waals surface area (Å²) in [5.74, 6) is 0.522. The predicted molar refractivity (Wildman–Crippen MR) is 118 cm³/mol. The molecule has 158 valence electrons. The van der Waals surface area contributed by atoms with Crippen molar-refractivity contribution in [2.75, 3.05) is 7.11 Å². The van der Waals surface area contributed by atoms with Gasteiger partial charge >= 0.3 is 0 Å². The number of ether oxygens (including phenoxy) is 1. The van der Waals surface area contributed by atoms with Crippen LogP contribution < -0.4 is 4.74 Å². The van der Waals surface area contributed by atoms with Crippen molar-refractivity contribution < 1.29 is 9.53 Å². The lowest BCUT2D eigenvalue weighted by Gasteiger charge is -2.57. The third-order valence-corrected chi connectivity index (χ3v) is 8.19. The number of hydrogen-bond acceptors (Lipinski definition) is 3. The van der Waals surface area contributed by atoms with Crippen molar-refractivity contribution >= 4 is 5.78 Å². The molecule has 1 aliphatic carbocycles. The van der Waals surface area contributed by atoms with Crippen LogP contribution in [0, 0.1) is 31.6 Å². The van der Waals surface area contributed by atoms with Crippen molar-refractivity contribution in [3.63, 3.8) is 0 Å². The van der Waals surface area contributed by atoms with Crippen molar-refractivity contribution in [1.29, 1.82) is 0 Å². The maximum atomic E-state index is 13.8. The molecule has 4 nitrogen and oxygen atoms in total. The smallest absolute Gasteiger partial charge is 0.223 e. The molecule has 0 N–H and O–H groups in total. The standard InChI is InChI=1S/C25H36N2O2/c1-14-12-17-13-23(4,5)25(8,9)24(6,7)20(17)15(2)18(14)21(28)19-16(3)26-27(10)22(19)29-11/h12H,13H2,1-11H3. The predicted octanol–water partition coefficient (Wildman–Crippen LogP) is 5.47. The average molecular weight is 397 g/mol. The minimum atomic E-state index is -0.0645. The van der Waals surface area contributed by atoms with Gasteiger partial charge < -0.3 is 4.74 Å². The first-order chi connectivity index (χ1) is 13.2. The molecule has 0 radical (unpaired) electrons. The highest BCUT2D eigenvalue weighted by Crippen LogP contribution is 2.59. The Morgan fingerprint density at radius 1 is 1.07 bits per heavy atom. The Kier molecular flexibility index (Phi) is 4.80.